The van der Waals surface area contributed by atoms with Crippen molar-refractivity contribution < 1.29 is 72.9 Å². The Bertz CT molecular complexity index is 1370. The van der Waals surface area contributed by atoms with E-state index in [-0.39, 0.29) is 75.0 Å². The number of ether oxygens (including phenoxy) is 5. The summed E-state index contributed by atoms with van der Waals surface area (Å²) in [5.41, 5.74) is 0.594. The smallest absolute Gasteiger partial charge is 0.414 e. The molecule has 0 bridgehead atoms. The van der Waals surface area contributed by atoms with E-state index >= 15 is 0 Å². The van der Waals surface area contributed by atoms with Gasteiger partial charge in [0.05, 0.1) is 18.9 Å². The summed E-state index contributed by atoms with van der Waals surface area (Å²) in [4.78, 5) is 72.2. The molecular formula is C32H43N3O15. The fraction of sp³-hybridized carbons (Fsp3) is 0.562. The average Bonchev–Trinajstić information content (AvgIpc) is 3.40. The Morgan fingerprint density at radius 3 is 2.36 bits per heavy atom. The minimum absolute atomic E-state index is 0.0108. The molecule has 1 saturated heterocycles. The summed E-state index contributed by atoms with van der Waals surface area (Å²) in [5.74, 6) is -2.76. The number of nitrogens with one attached hydrogen (secondary N) is 2. The number of aliphatic hydroxyl groups excluding tert-OH is 3. The lowest BCUT2D eigenvalue weighted by Gasteiger charge is -2.37. The molecule has 1 fully saturated rings. The van der Waals surface area contributed by atoms with Crippen LogP contribution in [-0.2, 0) is 49.5 Å². The van der Waals surface area contributed by atoms with Gasteiger partial charge in [0.1, 0.15) is 37.3 Å². The molecule has 0 radical (unpaired) electrons. The van der Waals surface area contributed by atoms with Crippen LogP contribution in [0.25, 0.3) is 0 Å². The summed E-state index contributed by atoms with van der Waals surface area (Å²) in [7, 11) is 0. The van der Waals surface area contributed by atoms with Crippen molar-refractivity contribution in [3.63, 3.8) is 0 Å². The second-order valence-corrected chi connectivity index (χ2v) is 11.3. The molecule has 1 aromatic carbocycles. The van der Waals surface area contributed by atoms with Crippen molar-refractivity contribution in [1.29, 1.82) is 0 Å². The Morgan fingerprint density at radius 1 is 0.920 bits per heavy atom. The number of unbranched alkanes of at least 4 members (excludes halogenated alkanes) is 2. The van der Waals surface area contributed by atoms with E-state index in [0.717, 1.165) is 4.90 Å². The van der Waals surface area contributed by atoms with Gasteiger partial charge in [-0.3, -0.25) is 29.4 Å². The van der Waals surface area contributed by atoms with Gasteiger partial charge in [-0.05, 0) is 37.0 Å². The van der Waals surface area contributed by atoms with Gasteiger partial charge in [-0.1, -0.05) is 19.4 Å². The third kappa shape index (κ3) is 12.4. The molecule has 2 aliphatic heterocycles. The summed E-state index contributed by atoms with van der Waals surface area (Å²) in [5, 5.41) is 44.3. The van der Waals surface area contributed by atoms with Gasteiger partial charge in [0, 0.05) is 38.1 Å². The maximum absolute atomic E-state index is 12.7. The van der Waals surface area contributed by atoms with Gasteiger partial charge >= 0.3 is 18.0 Å². The average molecular weight is 710 g/mol. The van der Waals surface area contributed by atoms with Gasteiger partial charge in [-0.2, -0.15) is 0 Å². The molecule has 50 heavy (non-hydrogen) atoms. The second kappa shape index (κ2) is 20.1. The zero-order chi connectivity index (χ0) is 36.6. The number of esters is 1. The number of carboxylic acids is 1. The molecular weight excluding hydrogens is 666 g/mol. The number of rotatable bonds is 20. The summed E-state index contributed by atoms with van der Waals surface area (Å²) in [6.45, 7) is 2.55. The van der Waals surface area contributed by atoms with Crippen LogP contribution in [0.3, 0.4) is 0 Å². The number of anilines is 1. The van der Waals surface area contributed by atoms with E-state index in [2.05, 4.69) is 10.6 Å². The molecule has 0 spiro atoms. The number of hydrogen-bond acceptors (Lipinski definition) is 14. The molecule has 0 unspecified atom stereocenters. The number of amides is 4. The SMILES string of the molecule is CCCC(=O)OCc1ccc(NC(=O)O[C@@H]2O[C@H](C(=O)O)[C@@H](O)[C@H](O)[C@H]2O)c(OCCOCCNC(=O)CCCCCN2C(=O)C=CC2=O)c1. The number of carboxylic acid groups (broad SMARTS) is 1. The predicted molar refractivity (Wildman–Crippen MR) is 169 cm³/mol. The summed E-state index contributed by atoms with van der Waals surface area (Å²) >= 11 is 0. The monoisotopic (exact) mass is 709 g/mol. The molecule has 0 saturated carbocycles. The van der Waals surface area contributed by atoms with Crippen LogP contribution >= 0.6 is 0 Å². The van der Waals surface area contributed by atoms with Crippen molar-refractivity contribution in [2.75, 3.05) is 38.2 Å². The summed E-state index contributed by atoms with van der Waals surface area (Å²) < 4.78 is 26.5. The van der Waals surface area contributed by atoms with Crippen LogP contribution in [0, 0.1) is 0 Å². The van der Waals surface area contributed by atoms with Crippen molar-refractivity contribution in [1.82, 2.24) is 10.2 Å². The third-order valence-corrected chi connectivity index (χ3v) is 7.41. The highest BCUT2D eigenvalue weighted by atomic mass is 16.7. The van der Waals surface area contributed by atoms with Crippen LogP contribution in [-0.4, -0.2) is 125 Å². The number of aliphatic hydroxyl groups is 3. The minimum atomic E-state index is -1.97. The van der Waals surface area contributed by atoms with Gasteiger partial charge in [0.2, 0.25) is 12.2 Å². The Hall–Kier alpha value is -4.62. The standard InChI is InChI=1S/C32H43N3O15/c1-2-6-25(39)48-18-19-8-9-20(34-32(45)50-31-28(42)26(40)27(41)29(49-31)30(43)44)21(17-19)47-16-15-46-14-12-33-22(36)7-4-3-5-13-35-23(37)10-11-24(35)38/h8-11,17,26-29,31,40-42H,2-7,12-16,18H2,1H3,(H,33,36)(H,34,45)(H,43,44)/t26-,27-,28+,29-,31-/m0/s1. The maximum atomic E-state index is 12.7. The van der Waals surface area contributed by atoms with Crippen molar-refractivity contribution in [3.05, 3.63) is 35.9 Å². The molecule has 0 aliphatic carbocycles. The quantitative estimate of drug-likeness (QED) is 0.0590. The molecule has 6 N–H and O–H groups in total. The van der Waals surface area contributed by atoms with E-state index in [9.17, 15) is 49.2 Å². The van der Waals surface area contributed by atoms with E-state index in [4.69, 9.17) is 23.7 Å². The van der Waals surface area contributed by atoms with E-state index in [1.807, 2.05) is 6.92 Å². The topological polar surface area (TPSA) is 257 Å². The van der Waals surface area contributed by atoms with Crippen molar-refractivity contribution in [3.8, 4) is 5.75 Å². The zero-order valence-corrected chi connectivity index (χ0v) is 27.5. The highest BCUT2D eigenvalue weighted by molar-refractivity contribution is 6.12. The number of imide groups is 1. The molecule has 2 heterocycles. The van der Waals surface area contributed by atoms with Crippen LogP contribution < -0.4 is 15.4 Å². The van der Waals surface area contributed by atoms with Gasteiger partial charge in [-0.15, -0.1) is 0 Å². The van der Waals surface area contributed by atoms with Crippen LogP contribution in [0.15, 0.2) is 30.4 Å². The van der Waals surface area contributed by atoms with Crippen LogP contribution in [0.1, 0.15) is 51.0 Å². The number of benzene rings is 1. The van der Waals surface area contributed by atoms with Gasteiger partial charge in [0.25, 0.3) is 11.8 Å². The van der Waals surface area contributed by atoms with Crippen molar-refractivity contribution in [2.45, 2.75) is 82.8 Å². The molecule has 18 heteroatoms. The van der Waals surface area contributed by atoms with Gasteiger partial charge in [0.15, 0.2) is 6.10 Å². The second-order valence-electron chi connectivity index (χ2n) is 11.3. The van der Waals surface area contributed by atoms with E-state index in [1.54, 1.807) is 6.07 Å². The highest BCUT2D eigenvalue weighted by Crippen LogP contribution is 2.28. The Balaban J connectivity index is 1.44. The number of carbonyl (C=O) groups excluding carboxylic acids is 5. The Kier molecular flexibility index (Phi) is 16.0. The molecule has 18 nitrogen and oxygen atoms in total. The number of nitrogens with zero attached hydrogens (tertiary/aromatic N) is 1. The fourth-order valence-corrected chi connectivity index (χ4v) is 4.76. The molecule has 4 amide bonds. The predicted octanol–water partition coefficient (Wildman–Crippen LogP) is -0.0324. The van der Waals surface area contributed by atoms with Gasteiger partial charge < -0.3 is 49.4 Å². The lowest BCUT2D eigenvalue weighted by molar-refractivity contribution is -0.277. The van der Waals surface area contributed by atoms with Crippen LogP contribution in [0.2, 0.25) is 0 Å². The van der Waals surface area contributed by atoms with Crippen LogP contribution in [0.4, 0.5) is 10.5 Å². The number of hydrogen-bond donors (Lipinski definition) is 6. The van der Waals surface area contributed by atoms with E-state index in [1.165, 1.54) is 24.3 Å². The number of carbonyl (C=O) groups is 6. The number of aliphatic carboxylic acids is 1. The zero-order valence-electron chi connectivity index (χ0n) is 27.5. The molecule has 0 aromatic heterocycles. The van der Waals surface area contributed by atoms with E-state index in [0.29, 0.717) is 37.8 Å². The van der Waals surface area contributed by atoms with E-state index < -0.39 is 48.7 Å². The first kappa shape index (κ1) is 39.8. The lowest BCUT2D eigenvalue weighted by Crippen LogP contribution is -2.60. The van der Waals surface area contributed by atoms with Crippen LogP contribution in [0.5, 0.6) is 5.75 Å². The lowest BCUT2D eigenvalue weighted by atomic mass is 9.99. The molecule has 5 atom stereocenters. The largest absolute Gasteiger partial charge is 0.489 e. The third-order valence-electron chi connectivity index (χ3n) is 7.41. The highest BCUT2D eigenvalue weighted by Gasteiger charge is 2.48. The van der Waals surface area contributed by atoms with Crippen molar-refractivity contribution in [2.24, 2.45) is 0 Å². The Labute approximate surface area is 287 Å². The first-order valence-corrected chi connectivity index (χ1v) is 16.1. The maximum Gasteiger partial charge on any atom is 0.414 e. The van der Waals surface area contributed by atoms with Crippen molar-refractivity contribution >= 4 is 41.4 Å². The summed E-state index contributed by atoms with van der Waals surface area (Å²) in [6, 6.07) is 4.47. The fourth-order valence-electron chi connectivity index (χ4n) is 4.76. The first-order valence-electron chi connectivity index (χ1n) is 16.1. The van der Waals surface area contributed by atoms with Gasteiger partial charge in [-0.25, -0.2) is 9.59 Å². The summed E-state index contributed by atoms with van der Waals surface area (Å²) in [6.07, 6.45) is -5.56. The minimum Gasteiger partial charge on any atom is -0.489 e. The Morgan fingerprint density at radius 2 is 1.66 bits per heavy atom. The molecule has 276 valence electrons. The normalized spacial score (nSPS) is 21.5. The molecule has 3 rings (SSSR count). The first-order chi connectivity index (χ1) is 23.9. The molecule has 1 aromatic rings. The molecule has 2 aliphatic rings.